The molecule has 0 spiro atoms. The highest BCUT2D eigenvalue weighted by Crippen LogP contribution is 2.39. The van der Waals surface area contributed by atoms with Crippen LogP contribution in [0.2, 0.25) is 0 Å². The summed E-state index contributed by atoms with van der Waals surface area (Å²) in [6.07, 6.45) is -2.90. The molecular weight excluding hydrogens is 368 g/mol. The number of fused-ring (bicyclic) bond motifs is 1. The van der Waals surface area contributed by atoms with Crippen LogP contribution in [0, 0.1) is 19.7 Å². The fraction of sp³-hybridized carbons (Fsp3) is 0.136. The highest BCUT2D eigenvalue weighted by Gasteiger charge is 2.35. The summed E-state index contributed by atoms with van der Waals surface area (Å²) in [5.41, 5.74) is 0.888. The highest BCUT2D eigenvalue weighted by atomic mass is 19.4. The number of nitrogens with zero attached hydrogens (tertiary/aromatic N) is 2. The summed E-state index contributed by atoms with van der Waals surface area (Å²) >= 11 is 0. The quantitative estimate of drug-likeness (QED) is 0.362. The summed E-state index contributed by atoms with van der Waals surface area (Å²) in [5.74, 6) is -0.783. The van der Waals surface area contributed by atoms with E-state index in [1.165, 1.54) is 18.2 Å². The number of hydrogen-bond acceptors (Lipinski definition) is 1. The summed E-state index contributed by atoms with van der Waals surface area (Å²) in [6, 6.07) is 13.6. The van der Waals surface area contributed by atoms with Crippen LogP contribution in [0.5, 0.6) is 0 Å². The summed E-state index contributed by atoms with van der Waals surface area (Å²) < 4.78 is 57.9. The molecule has 4 rings (SSSR count). The minimum absolute atomic E-state index is 0.197. The van der Waals surface area contributed by atoms with E-state index < -0.39 is 17.6 Å². The van der Waals surface area contributed by atoms with E-state index in [0.717, 1.165) is 17.3 Å². The zero-order valence-electron chi connectivity index (χ0n) is 15.2. The van der Waals surface area contributed by atoms with E-state index in [1.807, 2.05) is 19.9 Å². The molecule has 0 aliphatic carbocycles. The van der Waals surface area contributed by atoms with Crippen molar-refractivity contribution in [3.63, 3.8) is 0 Å². The maximum Gasteiger partial charge on any atom is 0.417 e. The first-order valence-electron chi connectivity index (χ1n) is 8.69. The van der Waals surface area contributed by atoms with Crippen molar-refractivity contribution in [2.24, 2.45) is 0 Å². The molecule has 0 N–H and O–H groups in total. The van der Waals surface area contributed by atoms with Gasteiger partial charge in [0.2, 0.25) is 0 Å². The Hall–Kier alpha value is -3.15. The molecule has 0 saturated heterocycles. The molecule has 6 heteroatoms. The van der Waals surface area contributed by atoms with Gasteiger partial charge in [0.1, 0.15) is 5.69 Å². The van der Waals surface area contributed by atoms with Gasteiger partial charge >= 0.3 is 6.18 Å². The van der Waals surface area contributed by atoms with Gasteiger partial charge in [0.25, 0.3) is 0 Å². The van der Waals surface area contributed by atoms with E-state index in [-0.39, 0.29) is 16.9 Å². The van der Waals surface area contributed by atoms with Crippen molar-refractivity contribution in [2.45, 2.75) is 20.0 Å². The lowest BCUT2D eigenvalue weighted by atomic mass is 10.0. The molecular formula is C22H16F4N2. The maximum atomic E-state index is 15.7. The summed E-state index contributed by atoms with van der Waals surface area (Å²) in [5, 5.41) is 0.534. The van der Waals surface area contributed by atoms with Crippen LogP contribution in [0.3, 0.4) is 0 Å². The molecule has 142 valence electrons. The van der Waals surface area contributed by atoms with Gasteiger partial charge in [-0.25, -0.2) is 9.37 Å². The second kappa shape index (κ2) is 6.48. The first-order chi connectivity index (χ1) is 13.3. The number of halogens is 4. The van der Waals surface area contributed by atoms with Gasteiger partial charge in [0.15, 0.2) is 5.82 Å². The molecule has 0 unspecified atom stereocenters. The molecule has 0 atom stereocenters. The monoisotopic (exact) mass is 384 g/mol. The second-order valence-corrected chi connectivity index (χ2v) is 6.64. The van der Waals surface area contributed by atoms with Gasteiger partial charge in [-0.05, 0) is 37.6 Å². The van der Waals surface area contributed by atoms with Crippen LogP contribution in [0.15, 0.2) is 60.8 Å². The van der Waals surface area contributed by atoms with Gasteiger partial charge in [0.05, 0.1) is 16.8 Å². The van der Waals surface area contributed by atoms with Gasteiger partial charge in [-0.1, -0.05) is 36.4 Å². The van der Waals surface area contributed by atoms with Crippen molar-refractivity contribution in [2.75, 3.05) is 0 Å². The molecule has 4 aromatic rings. The second-order valence-electron chi connectivity index (χ2n) is 6.64. The van der Waals surface area contributed by atoms with E-state index in [2.05, 4.69) is 4.98 Å². The average molecular weight is 384 g/mol. The molecule has 0 aliphatic heterocycles. The van der Waals surface area contributed by atoms with Gasteiger partial charge in [-0.15, -0.1) is 0 Å². The third-order valence-corrected chi connectivity index (χ3v) is 4.94. The first-order valence-corrected chi connectivity index (χ1v) is 8.69. The number of aryl methyl sites for hydroxylation is 1. The van der Waals surface area contributed by atoms with Crippen molar-refractivity contribution >= 4 is 10.9 Å². The molecule has 2 aromatic carbocycles. The number of rotatable bonds is 2. The molecule has 0 fully saturated rings. The molecule has 0 aliphatic rings. The summed E-state index contributed by atoms with van der Waals surface area (Å²) in [7, 11) is 0. The Labute approximate surface area is 159 Å². The molecule has 0 amide bonds. The summed E-state index contributed by atoms with van der Waals surface area (Å²) in [4.78, 5) is 4.25. The van der Waals surface area contributed by atoms with E-state index in [1.54, 1.807) is 35.0 Å². The van der Waals surface area contributed by atoms with Crippen LogP contribution in [0.25, 0.3) is 27.8 Å². The Morgan fingerprint density at radius 1 is 0.893 bits per heavy atom. The smallest absolute Gasteiger partial charge is 0.318 e. The number of para-hydroxylation sites is 1. The topological polar surface area (TPSA) is 17.8 Å². The number of alkyl halides is 3. The molecule has 0 saturated carbocycles. The van der Waals surface area contributed by atoms with Crippen molar-refractivity contribution in [3.05, 3.63) is 83.4 Å². The standard InChI is InChI=1S/C22H16F4N2/c1-13-11-12-28(14(13)2)21-16-8-4-6-10-18(16)27-20(19(21)23)15-7-3-5-9-17(15)22(24,25)26/h3-12H,1-2H3. The Bertz CT molecular complexity index is 1190. The minimum atomic E-state index is -4.61. The Balaban J connectivity index is 2.11. The van der Waals surface area contributed by atoms with Crippen LogP contribution in [0.4, 0.5) is 17.6 Å². The Morgan fingerprint density at radius 3 is 2.25 bits per heavy atom. The largest absolute Gasteiger partial charge is 0.417 e. The van der Waals surface area contributed by atoms with Gasteiger partial charge in [-0.3, -0.25) is 0 Å². The van der Waals surface area contributed by atoms with Gasteiger partial charge < -0.3 is 4.57 Å². The lowest BCUT2D eigenvalue weighted by Crippen LogP contribution is -2.10. The summed E-state index contributed by atoms with van der Waals surface area (Å²) in [6.45, 7) is 3.74. The number of benzene rings is 2. The fourth-order valence-corrected chi connectivity index (χ4v) is 3.37. The maximum absolute atomic E-state index is 15.7. The van der Waals surface area contributed by atoms with Crippen molar-refractivity contribution in [1.82, 2.24) is 9.55 Å². The van der Waals surface area contributed by atoms with Gasteiger partial charge in [0, 0.05) is 22.8 Å². The molecule has 0 radical (unpaired) electrons. The molecule has 2 aromatic heterocycles. The van der Waals surface area contributed by atoms with Crippen LogP contribution < -0.4 is 0 Å². The van der Waals surface area contributed by atoms with E-state index in [0.29, 0.717) is 10.9 Å². The van der Waals surface area contributed by atoms with Gasteiger partial charge in [-0.2, -0.15) is 13.2 Å². The van der Waals surface area contributed by atoms with Crippen LogP contribution >= 0.6 is 0 Å². The van der Waals surface area contributed by atoms with Crippen molar-refractivity contribution < 1.29 is 17.6 Å². The SMILES string of the molecule is Cc1ccn(-c2c(F)c(-c3ccccc3C(F)(F)F)nc3ccccc23)c1C. The predicted octanol–water partition coefficient (Wildman–Crippen LogP) is 6.47. The molecule has 2 heterocycles. The third kappa shape index (κ3) is 2.85. The lowest BCUT2D eigenvalue weighted by Gasteiger charge is -2.17. The zero-order valence-corrected chi connectivity index (χ0v) is 15.2. The third-order valence-electron chi connectivity index (χ3n) is 4.94. The average Bonchev–Trinajstić information content (AvgIpc) is 2.99. The zero-order chi connectivity index (χ0) is 20.1. The van der Waals surface area contributed by atoms with E-state index >= 15 is 4.39 Å². The first kappa shape index (κ1) is 18.2. The molecule has 2 nitrogen and oxygen atoms in total. The van der Waals surface area contributed by atoms with E-state index in [4.69, 9.17) is 0 Å². The Morgan fingerprint density at radius 2 is 1.57 bits per heavy atom. The Kier molecular flexibility index (Phi) is 4.22. The predicted molar refractivity (Wildman–Crippen MR) is 101 cm³/mol. The van der Waals surface area contributed by atoms with Crippen molar-refractivity contribution in [3.8, 4) is 16.9 Å². The minimum Gasteiger partial charge on any atom is -0.318 e. The van der Waals surface area contributed by atoms with Crippen molar-refractivity contribution in [1.29, 1.82) is 0 Å². The lowest BCUT2D eigenvalue weighted by molar-refractivity contribution is -0.137. The molecule has 0 bridgehead atoms. The number of pyridine rings is 1. The fourth-order valence-electron chi connectivity index (χ4n) is 3.37. The number of hydrogen-bond donors (Lipinski definition) is 0. The van der Waals surface area contributed by atoms with Crippen LogP contribution in [0.1, 0.15) is 16.8 Å². The number of aromatic nitrogens is 2. The van der Waals surface area contributed by atoms with Crippen LogP contribution in [-0.2, 0) is 6.18 Å². The molecule has 28 heavy (non-hydrogen) atoms. The normalized spacial score (nSPS) is 11.9. The van der Waals surface area contributed by atoms with Crippen LogP contribution in [-0.4, -0.2) is 9.55 Å². The van der Waals surface area contributed by atoms with E-state index in [9.17, 15) is 13.2 Å². The highest BCUT2D eigenvalue weighted by molar-refractivity contribution is 5.91.